The quantitative estimate of drug-likeness (QED) is 0.560. The molecule has 1 aliphatic rings. The molecule has 9 heteroatoms. The van der Waals surface area contributed by atoms with Gasteiger partial charge in [-0.3, -0.25) is 4.79 Å². The van der Waals surface area contributed by atoms with E-state index in [4.69, 9.17) is 5.14 Å². The summed E-state index contributed by atoms with van der Waals surface area (Å²) in [5, 5.41) is 13.4. The van der Waals surface area contributed by atoms with Crippen LogP contribution in [0.3, 0.4) is 0 Å². The minimum Gasteiger partial charge on any atom is -0.352 e. The van der Waals surface area contributed by atoms with Crippen molar-refractivity contribution in [3.8, 4) is 0 Å². The molecule has 3 rings (SSSR count). The fraction of sp³-hybridized carbons (Fsp3) is 0.263. The van der Waals surface area contributed by atoms with Gasteiger partial charge in [0.25, 0.3) is 5.91 Å². The second-order valence-electron chi connectivity index (χ2n) is 6.64. The van der Waals surface area contributed by atoms with Crippen molar-refractivity contribution in [2.45, 2.75) is 30.2 Å². The Morgan fingerprint density at radius 3 is 2.21 bits per heavy atom. The standard InChI is InChI=1S/C19H22N4O4S/c20-28(26,27)17-9-1-13(2-10-17)11-12-21-18(24)14-3-5-15(6-4-14)22-19(25)23-16-7-8-16/h1-6,9-10,16H,7-8,11-12H2,(H,21,24)(H2,20,26,27)(H2,22,23,25). The van der Waals surface area contributed by atoms with Crippen LogP contribution >= 0.6 is 0 Å². The van der Waals surface area contributed by atoms with Gasteiger partial charge in [-0.25, -0.2) is 18.4 Å². The highest BCUT2D eigenvalue weighted by atomic mass is 32.2. The largest absolute Gasteiger partial charge is 0.352 e. The molecule has 2 aromatic rings. The van der Waals surface area contributed by atoms with E-state index in [9.17, 15) is 18.0 Å². The molecule has 0 aromatic heterocycles. The second kappa shape index (κ2) is 8.41. The van der Waals surface area contributed by atoms with Crippen molar-refractivity contribution in [2.75, 3.05) is 11.9 Å². The highest BCUT2D eigenvalue weighted by Gasteiger charge is 2.23. The van der Waals surface area contributed by atoms with Crippen LogP contribution in [-0.2, 0) is 16.4 Å². The molecule has 0 aliphatic heterocycles. The van der Waals surface area contributed by atoms with E-state index < -0.39 is 10.0 Å². The van der Waals surface area contributed by atoms with Crippen molar-refractivity contribution < 1.29 is 18.0 Å². The SMILES string of the molecule is NS(=O)(=O)c1ccc(CCNC(=O)c2ccc(NC(=O)NC3CC3)cc2)cc1. The molecule has 0 bridgehead atoms. The van der Waals surface area contributed by atoms with Gasteiger partial charge in [-0.05, 0) is 61.2 Å². The van der Waals surface area contributed by atoms with E-state index >= 15 is 0 Å². The zero-order chi connectivity index (χ0) is 20.1. The average Bonchev–Trinajstić information content (AvgIpc) is 3.45. The summed E-state index contributed by atoms with van der Waals surface area (Å²) in [7, 11) is -3.70. The van der Waals surface area contributed by atoms with E-state index in [1.54, 1.807) is 36.4 Å². The van der Waals surface area contributed by atoms with Gasteiger partial charge < -0.3 is 16.0 Å². The number of nitrogens with one attached hydrogen (secondary N) is 3. The van der Waals surface area contributed by atoms with Crippen LogP contribution in [0.15, 0.2) is 53.4 Å². The minimum absolute atomic E-state index is 0.0554. The van der Waals surface area contributed by atoms with Gasteiger partial charge in [-0.2, -0.15) is 0 Å². The van der Waals surface area contributed by atoms with Crippen molar-refractivity contribution in [3.05, 3.63) is 59.7 Å². The Bertz CT molecular complexity index is 952. The molecule has 1 saturated carbocycles. The number of nitrogens with two attached hydrogens (primary N) is 1. The van der Waals surface area contributed by atoms with E-state index in [2.05, 4.69) is 16.0 Å². The molecular weight excluding hydrogens is 380 g/mol. The molecule has 0 spiro atoms. The van der Waals surface area contributed by atoms with Crippen LogP contribution in [0.25, 0.3) is 0 Å². The number of benzene rings is 2. The van der Waals surface area contributed by atoms with Crippen molar-refractivity contribution in [1.82, 2.24) is 10.6 Å². The smallest absolute Gasteiger partial charge is 0.319 e. The lowest BCUT2D eigenvalue weighted by molar-refractivity contribution is 0.0954. The number of urea groups is 1. The Kier molecular flexibility index (Phi) is 5.96. The van der Waals surface area contributed by atoms with Gasteiger partial charge >= 0.3 is 6.03 Å². The van der Waals surface area contributed by atoms with Gasteiger partial charge in [0.05, 0.1) is 4.90 Å². The first-order chi connectivity index (χ1) is 13.3. The van der Waals surface area contributed by atoms with Gasteiger partial charge in [-0.15, -0.1) is 0 Å². The summed E-state index contributed by atoms with van der Waals surface area (Å²) in [6.45, 7) is 0.400. The molecule has 28 heavy (non-hydrogen) atoms. The highest BCUT2D eigenvalue weighted by molar-refractivity contribution is 7.89. The number of amides is 3. The van der Waals surface area contributed by atoms with E-state index in [1.165, 1.54) is 12.1 Å². The molecule has 0 heterocycles. The first kappa shape index (κ1) is 19.8. The van der Waals surface area contributed by atoms with Crippen LogP contribution in [0.4, 0.5) is 10.5 Å². The third-order valence-electron chi connectivity index (χ3n) is 4.27. The summed E-state index contributed by atoms with van der Waals surface area (Å²) in [4.78, 5) is 23.9. The molecule has 0 unspecified atom stereocenters. The number of hydrogen-bond acceptors (Lipinski definition) is 4. The maximum absolute atomic E-state index is 12.2. The van der Waals surface area contributed by atoms with Crippen LogP contribution in [0.5, 0.6) is 0 Å². The summed E-state index contributed by atoms with van der Waals surface area (Å²) in [5.74, 6) is -0.227. The van der Waals surface area contributed by atoms with Crippen molar-refractivity contribution >= 4 is 27.6 Å². The summed E-state index contributed by atoms with van der Waals surface area (Å²) in [6.07, 6.45) is 2.59. The third kappa shape index (κ3) is 5.80. The number of anilines is 1. The number of carbonyl (C=O) groups is 2. The van der Waals surface area contributed by atoms with E-state index in [1.807, 2.05) is 0 Å². The maximum atomic E-state index is 12.2. The lowest BCUT2D eigenvalue weighted by atomic mass is 10.1. The minimum atomic E-state index is -3.70. The maximum Gasteiger partial charge on any atom is 0.319 e. The van der Waals surface area contributed by atoms with Crippen LogP contribution in [0.1, 0.15) is 28.8 Å². The fourth-order valence-electron chi connectivity index (χ4n) is 2.55. The Morgan fingerprint density at radius 2 is 1.64 bits per heavy atom. The molecule has 1 fully saturated rings. The van der Waals surface area contributed by atoms with Crippen LogP contribution < -0.4 is 21.1 Å². The number of sulfonamides is 1. The normalized spacial score (nSPS) is 13.6. The lowest BCUT2D eigenvalue weighted by Crippen LogP contribution is -2.30. The van der Waals surface area contributed by atoms with Crippen molar-refractivity contribution in [2.24, 2.45) is 5.14 Å². The van der Waals surface area contributed by atoms with Gasteiger partial charge in [0.2, 0.25) is 10.0 Å². The topological polar surface area (TPSA) is 130 Å². The van der Waals surface area contributed by atoms with Gasteiger partial charge in [0.15, 0.2) is 0 Å². The van der Waals surface area contributed by atoms with Crippen molar-refractivity contribution in [1.29, 1.82) is 0 Å². The fourth-order valence-corrected chi connectivity index (χ4v) is 3.07. The molecule has 0 atom stereocenters. The number of rotatable bonds is 7. The number of primary sulfonamides is 1. The van der Waals surface area contributed by atoms with E-state index in [0.29, 0.717) is 24.2 Å². The molecule has 1 aliphatic carbocycles. The first-order valence-corrected chi connectivity index (χ1v) is 10.4. The van der Waals surface area contributed by atoms with Crippen LogP contribution in [-0.4, -0.2) is 32.9 Å². The average molecular weight is 402 g/mol. The Morgan fingerprint density at radius 1 is 1.00 bits per heavy atom. The molecule has 5 N–H and O–H groups in total. The highest BCUT2D eigenvalue weighted by Crippen LogP contribution is 2.19. The van der Waals surface area contributed by atoms with Gasteiger partial charge in [0.1, 0.15) is 0 Å². The first-order valence-electron chi connectivity index (χ1n) is 8.89. The Balaban J connectivity index is 1.45. The Hall–Kier alpha value is -2.91. The number of hydrogen-bond donors (Lipinski definition) is 4. The summed E-state index contributed by atoms with van der Waals surface area (Å²) in [5.41, 5.74) is 1.98. The second-order valence-corrected chi connectivity index (χ2v) is 8.21. The predicted octanol–water partition coefficient (Wildman–Crippen LogP) is 1.59. The molecule has 148 valence electrons. The zero-order valence-electron chi connectivity index (χ0n) is 15.1. The third-order valence-corrected chi connectivity index (χ3v) is 5.20. The van der Waals surface area contributed by atoms with Gasteiger partial charge in [0, 0.05) is 23.8 Å². The van der Waals surface area contributed by atoms with Crippen LogP contribution in [0.2, 0.25) is 0 Å². The molecule has 3 amide bonds. The summed E-state index contributed by atoms with van der Waals surface area (Å²) in [6, 6.07) is 12.9. The van der Waals surface area contributed by atoms with E-state index in [-0.39, 0.29) is 22.9 Å². The number of carbonyl (C=O) groups excluding carboxylic acids is 2. The molecule has 0 saturated heterocycles. The van der Waals surface area contributed by atoms with Crippen molar-refractivity contribution in [3.63, 3.8) is 0 Å². The monoisotopic (exact) mass is 402 g/mol. The molecular formula is C19H22N4O4S. The molecule has 2 aromatic carbocycles. The summed E-state index contributed by atoms with van der Waals surface area (Å²) < 4.78 is 22.5. The molecule has 0 radical (unpaired) electrons. The van der Waals surface area contributed by atoms with E-state index in [0.717, 1.165) is 18.4 Å². The Labute approximate surface area is 163 Å². The zero-order valence-corrected chi connectivity index (χ0v) is 16.0. The van der Waals surface area contributed by atoms with Crippen LogP contribution in [0, 0.1) is 0 Å². The molecule has 8 nitrogen and oxygen atoms in total. The summed E-state index contributed by atoms with van der Waals surface area (Å²) >= 11 is 0. The van der Waals surface area contributed by atoms with Gasteiger partial charge in [-0.1, -0.05) is 12.1 Å². The lowest BCUT2D eigenvalue weighted by Gasteiger charge is -2.08. The predicted molar refractivity (Wildman–Crippen MR) is 105 cm³/mol.